The molecule has 1 rings (SSSR count). The van der Waals surface area contributed by atoms with E-state index in [2.05, 4.69) is 71.6 Å². The lowest BCUT2D eigenvalue weighted by molar-refractivity contribution is -0.144. The first-order valence-electron chi connectivity index (χ1n) is 40.4. The second kappa shape index (κ2) is 72.1. The predicted molar refractivity (Wildman–Crippen MR) is 405 cm³/mol. The third-order valence-corrected chi connectivity index (χ3v) is 21.7. The van der Waals surface area contributed by atoms with Crippen LogP contribution in [-0.2, 0) is 9.53 Å². The van der Waals surface area contributed by atoms with Gasteiger partial charge in [-0.25, -0.2) is 0 Å². The lowest BCUT2D eigenvalue weighted by Crippen LogP contribution is -2.47. The van der Waals surface area contributed by atoms with Crippen LogP contribution in [0.3, 0.4) is 0 Å². The topological polar surface area (TPSA) is 100.0 Å². The van der Waals surface area contributed by atoms with Crippen LogP contribution >= 0.6 is 21.6 Å². The van der Waals surface area contributed by atoms with Gasteiger partial charge in [0.15, 0.2) is 0 Å². The summed E-state index contributed by atoms with van der Waals surface area (Å²) in [6.45, 7) is 20.8. The Labute approximate surface area is 576 Å². The predicted octanol–water partition coefficient (Wildman–Crippen LogP) is 22.1. The molecule has 1 aliphatic rings. The van der Waals surface area contributed by atoms with E-state index in [1.807, 2.05) is 21.6 Å². The Morgan fingerprint density at radius 3 is 1.05 bits per heavy atom. The van der Waals surface area contributed by atoms with Crippen LogP contribution in [0.4, 0.5) is 0 Å². The van der Waals surface area contributed by atoms with Crippen molar-refractivity contribution in [2.75, 3.05) is 96.6 Å². The Balaban J connectivity index is 2.38. The molecule has 1 heterocycles. The summed E-state index contributed by atoms with van der Waals surface area (Å²) in [7, 11) is 4.06. The average Bonchev–Trinajstić information content (AvgIpc) is 3.76. The molecule has 1 fully saturated rings. The number of carbonyl (C=O) groups excluding carboxylic acids is 1. The number of rotatable bonds is 74. The maximum atomic E-state index is 12.9. The van der Waals surface area contributed by atoms with E-state index < -0.39 is 0 Å². The Kier molecular flexibility index (Phi) is 70.0. The number of aliphatic hydroxyl groups is 3. The van der Waals surface area contributed by atoms with Crippen molar-refractivity contribution in [2.24, 2.45) is 0 Å². The quantitative estimate of drug-likeness (QED) is 0.0235. The van der Waals surface area contributed by atoms with Crippen LogP contribution in [0.1, 0.15) is 368 Å². The highest BCUT2D eigenvalue weighted by molar-refractivity contribution is 8.76. The fourth-order valence-corrected chi connectivity index (χ4v) is 15.2. The lowest BCUT2D eigenvalue weighted by Gasteiger charge is -2.34. The van der Waals surface area contributed by atoms with Gasteiger partial charge in [-0.15, -0.1) is 0 Å². The molecule has 540 valence electrons. The van der Waals surface area contributed by atoms with Crippen LogP contribution in [0.25, 0.3) is 0 Å². The Bertz CT molecular complexity index is 1470. The molecule has 1 aliphatic heterocycles. The fourth-order valence-electron chi connectivity index (χ4n) is 13.1. The van der Waals surface area contributed by atoms with E-state index in [0.717, 1.165) is 128 Å². The molecule has 0 bridgehead atoms. The number of esters is 1. The van der Waals surface area contributed by atoms with E-state index >= 15 is 0 Å². The van der Waals surface area contributed by atoms with Crippen LogP contribution in [0.2, 0.25) is 0 Å². The molecule has 1 saturated heterocycles. The molecule has 3 N–H and O–H groups in total. The zero-order chi connectivity index (χ0) is 65.7. The zero-order valence-corrected chi connectivity index (χ0v) is 63.0. The van der Waals surface area contributed by atoms with Gasteiger partial charge in [0.2, 0.25) is 0 Å². The van der Waals surface area contributed by atoms with Gasteiger partial charge in [-0.05, 0) is 116 Å². The molecule has 0 aromatic carbocycles. The van der Waals surface area contributed by atoms with Crippen LogP contribution < -0.4 is 0 Å². The summed E-state index contributed by atoms with van der Waals surface area (Å²) >= 11 is 0. The number of carbonyl (C=O) groups is 1. The summed E-state index contributed by atoms with van der Waals surface area (Å²) in [5.74, 6) is 2.21. The van der Waals surface area contributed by atoms with Crippen LogP contribution in [0.5, 0.6) is 0 Å². The highest BCUT2D eigenvalue weighted by atomic mass is 33.1. The number of nitrogens with zero attached hydrogens (tertiary/aromatic N) is 4. The minimum Gasteiger partial charge on any atom is -0.464 e. The van der Waals surface area contributed by atoms with Crippen molar-refractivity contribution < 1.29 is 24.9 Å². The maximum absolute atomic E-state index is 12.9. The van der Waals surface area contributed by atoms with Crippen molar-refractivity contribution in [1.82, 2.24) is 19.6 Å². The molecule has 0 saturated carbocycles. The molecule has 0 amide bonds. The van der Waals surface area contributed by atoms with E-state index in [1.54, 1.807) is 0 Å². The SMILES string of the molecule is CCCCCCCC/C=C\CCCCCCCCN(CCCSSCCN1CCN(CCOC(=O)CCCCN(CC(O)CCCCCCCCCCCC)CC(O)CCCCCCCCCCCC)CC1)CC(O)CCCCCC/C=C\CCCCCCCC. The van der Waals surface area contributed by atoms with Crippen molar-refractivity contribution in [3.05, 3.63) is 24.3 Å². The molecule has 0 spiro atoms. The van der Waals surface area contributed by atoms with Gasteiger partial charge in [-0.2, -0.15) is 0 Å². The van der Waals surface area contributed by atoms with E-state index in [4.69, 9.17) is 4.74 Å². The van der Waals surface area contributed by atoms with Gasteiger partial charge in [0.05, 0.1) is 18.3 Å². The third-order valence-electron chi connectivity index (χ3n) is 19.2. The smallest absolute Gasteiger partial charge is 0.305 e. The lowest BCUT2D eigenvalue weighted by atomic mass is 10.0. The monoisotopic (exact) mass is 1320 g/mol. The molecule has 11 heteroatoms. The normalized spacial score (nSPS) is 14.6. The van der Waals surface area contributed by atoms with Crippen molar-refractivity contribution in [3.8, 4) is 0 Å². The van der Waals surface area contributed by atoms with Gasteiger partial charge in [-0.3, -0.25) is 19.5 Å². The van der Waals surface area contributed by atoms with E-state index in [-0.39, 0.29) is 24.3 Å². The van der Waals surface area contributed by atoms with Crippen LogP contribution in [-0.4, -0.2) is 156 Å². The molecule has 9 nitrogen and oxygen atoms in total. The Morgan fingerprint density at radius 2 is 0.659 bits per heavy atom. The van der Waals surface area contributed by atoms with Gasteiger partial charge in [0.1, 0.15) is 6.61 Å². The second-order valence-electron chi connectivity index (χ2n) is 28.3. The summed E-state index contributed by atoms with van der Waals surface area (Å²) < 4.78 is 5.76. The molecule has 0 aliphatic carbocycles. The molecular weight excluding hydrogens is 1160 g/mol. The highest BCUT2D eigenvalue weighted by Gasteiger charge is 2.19. The van der Waals surface area contributed by atoms with Crippen molar-refractivity contribution in [1.29, 1.82) is 0 Å². The van der Waals surface area contributed by atoms with Crippen LogP contribution in [0, 0.1) is 0 Å². The van der Waals surface area contributed by atoms with E-state index in [9.17, 15) is 20.1 Å². The molecular formula is C80H158N4O5S2. The highest BCUT2D eigenvalue weighted by Crippen LogP contribution is 2.23. The summed E-state index contributed by atoms with van der Waals surface area (Å²) in [6, 6.07) is 0. The summed E-state index contributed by atoms with van der Waals surface area (Å²) in [4.78, 5) is 22.8. The number of aliphatic hydroxyl groups excluding tert-OH is 3. The zero-order valence-electron chi connectivity index (χ0n) is 61.4. The van der Waals surface area contributed by atoms with Crippen molar-refractivity contribution in [3.63, 3.8) is 0 Å². The second-order valence-corrected chi connectivity index (χ2v) is 31.0. The standard InChI is InChI=1S/C80H158N4O5S2/c1-5-9-13-17-21-25-29-31-33-34-36-38-42-46-50-55-62-83(74-77(85)58-51-47-45-41-37-35-32-30-26-22-18-14-10-6-2)64-57-72-90-91-73-70-82-67-65-81(66-68-82)69-71-89-80(88)61-54-56-63-84(75-78(86)59-52-48-43-39-27-23-19-15-11-7-3)76-79(87)60-53-49-44-40-28-24-20-16-12-8-4/h31-33,35,77-79,85-87H,5-30,34,36-76H2,1-4H3/b33-31-,35-32-. The van der Waals surface area contributed by atoms with Crippen molar-refractivity contribution >= 4 is 27.6 Å². The van der Waals surface area contributed by atoms with E-state index in [1.165, 1.54) is 283 Å². The van der Waals surface area contributed by atoms with Gasteiger partial charge >= 0.3 is 5.97 Å². The fraction of sp³-hybridized carbons (Fsp3) is 0.938. The molecule has 0 radical (unpaired) electrons. The molecule has 3 atom stereocenters. The maximum Gasteiger partial charge on any atom is 0.305 e. The van der Waals surface area contributed by atoms with Crippen LogP contribution in [0.15, 0.2) is 24.3 Å². The number of hydrogen-bond acceptors (Lipinski definition) is 11. The van der Waals surface area contributed by atoms with Gasteiger partial charge in [0, 0.05) is 76.8 Å². The summed E-state index contributed by atoms with van der Waals surface area (Å²) in [5.41, 5.74) is 0. The Hall–Kier alpha value is -0.630. The number of ether oxygens (including phenoxy) is 1. The molecule has 0 aromatic heterocycles. The van der Waals surface area contributed by atoms with Gasteiger partial charge in [-0.1, -0.05) is 311 Å². The average molecular weight is 1320 g/mol. The van der Waals surface area contributed by atoms with E-state index in [0.29, 0.717) is 26.1 Å². The summed E-state index contributed by atoms with van der Waals surface area (Å²) in [5, 5.41) is 33.4. The van der Waals surface area contributed by atoms with Gasteiger partial charge < -0.3 is 25.0 Å². The molecule has 3 unspecified atom stereocenters. The first-order valence-corrected chi connectivity index (χ1v) is 42.9. The Morgan fingerprint density at radius 1 is 0.363 bits per heavy atom. The number of allylic oxidation sites excluding steroid dienone is 4. The minimum absolute atomic E-state index is 0.102. The number of piperazine rings is 1. The first kappa shape index (κ1) is 88.4. The molecule has 91 heavy (non-hydrogen) atoms. The summed E-state index contributed by atoms with van der Waals surface area (Å²) in [6.07, 6.45) is 74.9. The number of unbranched alkanes of at least 4 members (excludes halogenated alkanes) is 41. The van der Waals surface area contributed by atoms with Gasteiger partial charge in [0.25, 0.3) is 0 Å². The largest absolute Gasteiger partial charge is 0.464 e. The molecule has 0 aromatic rings. The number of hydrogen-bond donors (Lipinski definition) is 3. The minimum atomic E-state index is -0.373. The third kappa shape index (κ3) is 65.1. The van der Waals surface area contributed by atoms with Crippen molar-refractivity contribution in [2.45, 2.75) is 386 Å². The first-order chi connectivity index (χ1) is 44.8.